The first-order valence-corrected chi connectivity index (χ1v) is 11.7. The van der Waals surface area contributed by atoms with Crippen molar-refractivity contribution in [2.45, 2.75) is 33.2 Å². The second-order valence-corrected chi connectivity index (χ2v) is 9.98. The van der Waals surface area contributed by atoms with Crippen LogP contribution in [0.4, 0.5) is 0 Å². The molecule has 1 atom stereocenters. The van der Waals surface area contributed by atoms with Crippen molar-refractivity contribution in [1.82, 2.24) is 19.9 Å². The molecule has 162 valence electrons. The highest BCUT2D eigenvalue weighted by atomic mass is 35.5. The van der Waals surface area contributed by atoms with Crippen LogP contribution >= 0.6 is 22.9 Å². The largest absolute Gasteiger partial charge is 0.340 e. The lowest BCUT2D eigenvalue weighted by atomic mass is 10.1. The summed E-state index contributed by atoms with van der Waals surface area (Å²) in [5.41, 5.74) is 6.34. The summed E-state index contributed by atoms with van der Waals surface area (Å²) in [6.45, 7) is 10.6. The fourth-order valence-electron chi connectivity index (χ4n) is 4.31. The summed E-state index contributed by atoms with van der Waals surface area (Å²) in [6.07, 6.45) is 0.668. The molecule has 1 aliphatic rings. The number of carbonyl (C=O) groups is 1. The van der Waals surface area contributed by atoms with Gasteiger partial charge in [0.1, 0.15) is 11.5 Å². The molecule has 0 aliphatic carbocycles. The molecule has 1 aliphatic heterocycles. The maximum atomic E-state index is 13.8. The third-order valence-electron chi connectivity index (χ3n) is 5.91. The van der Waals surface area contributed by atoms with Crippen molar-refractivity contribution in [3.05, 3.63) is 81.2 Å². The maximum Gasteiger partial charge on any atom is 0.274 e. The van der Waals surface area contributed by atoms with Crippen LogP contribution in [0.3, 0.4) is 0 Å². The molecule has 3 heterocycles. The molecular weight excluding hydrogens is 440 g/mol. The zero-order chi connectivity index (χ0) is 22.6. The molecule has 1 amide bonds. The number of amides is 1. The van der Waals surface area contributed by atoms with Gasteiger partial charge in [0.15, 0.2) is 0 Å². The van der Waals surface area contributed by atoms with Gasteiger partial charge in [-0.2, -0.15) is 0 Å². The van der Waals surface area contributed by atoms with Gasteiger partial charge in [0.05, 0.1) is 27.0 Å². The molecule has 1 saturated heterocycles. The monoisotopic (exact) mass is 462 g/mol. The van der Waals surface area contributed by atoms with E-state index in [1.165, 1.54) is 0 Å². The molecule has 7 heteroatoms. The van der Waals surface area contributed by atoms with Crippen molar-refractivity contribution < 1.29 is 4.79 Å². The van der Waals surface area contributed by atoms with Crippen LogP contribution in [0.5, 0.6) is 0 Å². The molecule has 0 bridgehead atoms. The van der Waals surface area contributed by atoms with Crippen LogP contribution in [0, 0.1) is 20.8 Å². The highest BCUT2D eigenvalue weighted by Gasteiger charge is 2.37. The number of benzene rings is 2. The van der Waals surface area contributed by atoms with Crippen molar-refractivity contribution in [3.8, 4) is 10.4 Å². The Morgan fingerprint density at radius 1 is 1.22 bits per heavy atom. The first-order valence-electron chi connectivity index (χ1n) is 10.5. The molecule has 2 aromatic heterocycles. The Kier molecular flexibility index (Phi) is 5.14. The minimum absolute atomic E-state index is 0.0929. The summed E-state index contributed by atoms with van der Waals surface area (Å²) in [6, 6.07) is 11.8. The van der Waals surface area contributed by atoms with E-state index >= 15 is 0 Å². The number of rotatable bonds is 3. The van der Waals surface area contributed by atoms with Crippen LogP contribution in [0.25, 0.3) is 21.5 Å². The van der Waals surface area contributed by atoms with Gasteiger partial charge >= 0.3 is 0 Å². The standard InChI is InChI=1S/C25H23ClN4OS/c1-13-6-5-7-17(10-13)23-22(27-16(4)32-23)25(31)30-12-14(2)11-20(30)24-28-19-9-8-18(26)15(3)21(19)29-24/h5-10,20H,2,11-12H2,1,3-4H3,(H,28,29). The molecule has 0 spiro atoms. The predicted octanol–water partition coefficient (Wildman–Crippen LogP) is 6.41. The Morgan fingerprint density at radius 3 is 2.81 bits per heavy atom. The van der Waals surface area contributed by atoms with Gasteiger partial charge in [0.2, 0.25) is 0 Å². The Labute approximate surface area is 195 Å². The van der Waals surface area contributed by atoms with Crippen LogP contribution in [-0.4, -0.2) is 32.3 Å². The van der Waals surface area contributed by atoms with Gasteiger partial charge in [-0.3, -0.25) is 4.79 Å². The average Bonchev–Trinajstić information content (AvgIpc) is 3.46. The number of thiazole rings is 1. The quantitative estimate of drug-likeness (QED) is 0.358. The maximum absolute atomic E-state index is 13.8. The summed E-state index contributed by atoms with van der Waals surface area (Å²) in [5, 5.41) is 1.55. The lowest BCUT2D eigenvalue weighted by molar-refractivity contribution is 0.0728. The third kappa shape index (κ3) is 3.53. The number of hydrogen-bond donors (Lipinski definition) is 1. The summed E-state index contributed by atoms with van der Waals surface area (Å²) >= 11 is 7.84. The number of aromatic amines is 1. The Morgan fingerprint density at radius 2 is 2.03 bits per heavy atom. The molecule has 1 fully saturated rings. The van der Waals surface area contributed by atoms with E-state index in [-0.39, 0.29) is 11.9 Å². The number of hydrogen-bond acceptors (Lipinski definition) is 4. The smallest absolute Gasteiger partial charge is 0.274 e. The first kappa shape index (κ1) is 20.9. The van der Waals surface area contributed by atoms with E-state index < -0.39 is 0 Å². The van der Waals surface area contributed by atoms with Crippen molar-refractivity contribution in [1.29, 1.82) is 0 Å². The van der Waals surface area contributed by atoms with Crippen LogP contribution < -0.4 is 0 Å². The van der Waals surface area contributed by atoms with Crippen LogP contribution in [0.1, 0.15) is 44.9 Å². The molecule has 0 saturated carbocycles. The molecular formula is C25H23ClN4OS. The summed E-state index contributed by atoms with van der Waals surface area (Å²) in [4.78, 5) is 29.4. The second kappa shape index (κ2) is 7.87. The molecule has 1 unspecified atom stereocenters. The number of H-pyrrole nitrogens is 1. The zero-order valence-electron chi connectivity index (χ0n) is 18.2. The van der Waals surface area contributed by atoms with Crippen molar-refractivity contribution in [2.24, 2.45) is 0 Å². The zero-order valence-corrected chi connectivity index (χ0v) is 19.8. The van der Waals surface area contributed by atoms with Gasteiger partial charge in [-0.15, -0.1) is 11.3 Å². The second-order valence-electron chi connectivity index (χ2n) is 8.37. The number of fused-ring (bicyclic) bond motifs is 1. The van der Waals surface area contributed by atoms with E-state index in [0.717, 1.165) is 49.0 Å². The molecule has 5 rings (SSSR count). The summed E-state index contributed by atoms with van der Waals surface area (Å²) < 4.78 is 0. The third-order valence-corrected chi connectivity index (χ3v) is 7.33. The predicted molar refractivity (Wildman–Crippen MR) is 130 cm³/mol. The van der Waals surface area contributed by atoms with Crippen LogP contribution in [0.15, 0.2) is 48.6 Å². The van der Waals surface area contributed by atoms with Crippen molar-refractivity contribution in [3.63, 3.8) is 0 Å². The topological polar surface area (TPSA) is 61.9 Å². The van der Waals surface area contributed by atoms with E-state index in [1.807, 2.05) is 43.0 Å². The number of likely N-dealkylation sites (tertiary alicyclic amines) is 1. The van der Waals surface area contributed by atoms with Gasteiger partial charge in [-0.1, -0.05) is 53.6 Å². The minimum Gasteiger partial charge on any atom is -0.340 e. The molecule has 2 aromatic carbocycles. The van der Waals surface area contributed by atoms with Crippen LogP contribution in [0.2, 0.25) is 5.02 Å². The lowest BCUT2D eigenvalue weighted by Crippen LogP contribution is -2.31. The normalized spacial score (nSPS) is 16.3. The summed E-state index contributed by atoms with van der Waals surface area (Å²) in [7, 11) is 0. The number of aromatic nitrogens is 3. The number of nitrogens with one attached hydrogen (secondary N) is 1. The molecule has 1 N–H and O–H groups in total. The van der Waals surface area contributed by atoms with E-state index in [0.29, 0.717) is 23.7 Å². The van der Waals surface area contributed by atoms with Gasteiger partial charge in [0, 0.05) is 11.6 Å². The fourth-order valence-corrected chi connectivity index (χ4v) is 5.37. The van der Waals surface area contributed by atoms with E-state index in [9.17, 15) is 4.79 Å². The number of halogens is 1. The fraction of sp³-hybridized carbons (Fsp3) is 0.240. The van der Waals surface area contributed by atoms with Gasteiger partial charge in [0.25, 0.3) is 5.91 Å². The SMILES string of the molecule is C=C1CC(c2nc3c(C)c(Cl)ccc3[nH]2)N(C(=O)c2nc(C)sc2-c2cccc(C)c2)C1. The number of imidazole rings is 1. The minimum atomic E-state index is -0.215. The number of nitrogens with zero attached hydrogens (tertiary/aromatic N) is 3. The van der Waals surface area contributed by atoms with Crippen molar-refractivity contribution >= 4 is 39.9 Å². The Balaban J connectivity index is 1.55. The number of aryl methyl sites for hydroxylation is 3. The highest BCUT2D eigenvalue weighted by Crippen LogP contribution is 2.38. The van der Waals surface area contributed by atoms with Crippen LogP contribution in [-0.2, 0) is 0 Å². The lowest BCUT2D eigenvalue weighted by Gasteiger charge is -2.22. The van der Waals surface area contributed by atoms with Gasteiger partial charge in [-0.05, 0) is 50.5 Å². The molecule has 5 nitrogen and oxygen atoms in total. The molecule has 4 aromatic rings. The van der Waals surface area contributed by atoms with E-state index in [2.05, 4.69) is 35.6 Å². The van der Waals surface area contributed by atoms with E-state index in [4.69, 9.17) is 16.6 Å². The Bertz CT molecular complexity index is 1390. The van der Waals surface area contributed by atoms with Gasteiger partial charge < -0.3 is 9.88 Å². The molecule has 0 radical (unpaired) electrons. The number of carbonyl (C=O) groups excluding carboxylic acids is 1. The first-order chi connectivity index (χ1) is 15.3. The average molecular weight is 463 g/mol. The van der Waals surface area contributed by atoms with Gasteiger partial charge in [-0.25, -0.2) is 9.97 Å². The van der Waals surface area contributed by atoms with Crippen molar-refractivity contribution in [2.75, 3.05) is 6.54 Å². The molecule has 32 heavy (non-hydrogen) atoms. The van der Waals surface area contributed by atoms with E-state index in [1.54, 1.807) is 11.3 Å². The summed E-state index contributed by atoms with van der Waals surface area (Å²) in [5.74, 6) is 0.658. The highest BCUT2D eigenvalue weighted by molar-refractivity contribution is 7.15. The Hall–Kier alpha value is -2.96.